The normalized spacial score (nSPS) is 19.3. The Labute approximate surface area is 220 Å². The van der Waals surface area contributed by atoms with Gasteiger partial charge in [0.2, 0.25) is 5.91 Å². The predicted molar refractivity (Wildman–Crippen MR) is 141 cm³/mol. The van der Waals surface area contributed by atoms with Crippen molar-refractivity contribution in [3.05, 3.63) is 74.7 Å². The lowest BCUT2D eigenvalue weighted by Crippen LogP contribution is -2.54. The van der Waals surface area contributed by atoms with Crippen LogP contribution >= 0.6 is 11.3 Å². The number of hydrogen-bond acceptors (Lipinski definition) is 5. The van der Waals surface area contributed by atoms with E-state index in [0.717, 1.165) is 43.0 Å². The molecular formula is C28H36F2N4O2S. The maximum Gasteiger partial charge on any atom is 0.217 e. The number of aryl methyl sites for hydroxylation is 1. The van der Waals surface area contributed by atoms with Crippen LogP contribution in [-0.2, 0) is 36.0 Å². The number of aliphatic hydroxyl groups is 1. The van der Waals surface area contributed by atoms with Gasteiger partial charge in [0.05, 0.1) is 23.4 Å². The fourth-order valence-corrected chi connectivity index (χ4v) is 6.33. The number of carbonyl (C=O) groups excluding carboxylic acids is 1. The van der Waals surface area contributed by atoms with Gasteiger partial charge < -0.3 is 15.7 Å². The number of fused-ring (bicyclic) bond motifs is 1. The molecule has 9 heteroatoms. The highest BCUT2D eigenvalue weighted by molar-refractivity contribution is 7.10. The molecule has 6 nitrogen and oxygen atoms in total. The van der Waals surface area contributed by atoms with Crippen LogP contribution < -0.4 is 10.6 Å². The van der Waals surface area contributed by atoms with E-state index in [0.29, 0.717) is 5.56 Å². The number of hydrogen-bond donors (Lipinski definition) is 4. The summed E-state index contributed by atoms with van der Waals surface area (Å²) in [7, 11) is 0. The van der Waals surface area contributed by atoms with Gasteiger partial charge in [0.1, 0.15) is 11.6 Å². The zero-order valence-corrected chi connectivity index (χ0v) is 22.6. The first-order valence-corrected chi connectivity index (χ1v) is 13.5. The highest BCUT2D eigenvalue weighted by atomic mass is 32.1. The van der Waals surface area contributed by atoms with E-state index in [1.807, 2.05) is 6.20 Å². The fraction of sp³-hybridized carbons (Fsp3) is 0.500. The van der Waals surface area contributed by atoms with Crippen molar-refractivity contribution in [2.75, 3.05) is 6.54 Å². The second kappa shape index (κ2) is 11.0. The minimum atomic E-state index is -0.980. The van der Waals surface area contributed by atoms with E-state index >= 15 is 0 Å². The molecule has 200 valence electrons. The number of aromatic amines is 1. The van der Waals surface area contributed by atoms with Crippen LogP contribution in [0, 0.1) is 17.0 Å². The molecular weight excluding hydrogens is 494 g/mol. The van der Waals surface area contributed by atoms with Crippen molar-refractivity contribution < 1.29 is 18.7 Å². The van der Waals surface area contributed by atoms with Crippen LogP contribution in [0.4, 0.5) is 8.78 Å². The quantitative estimate of drug-likeness (QED) is 0.330. The van der Waals surface area contributed by atoms with Crippen molar-refractivity contribution in [1.29, 1.82) is 0 Å². The number of benzene rings is 1. The molecule has 0 radical (unpaired) electrons. The molecule has 1 aromatic carbocycles. The van der Waals surface area contributed by atoms with Gasteiger partial charge in [-0.25, -0.2) is 8.78 Å². The molecule has 2 aromatic heterocycles. The highest BCUT2D eigenvalue weighted by Gasteiger charge is 2.39. The van der Waals surface area contributed by atoms with Gasteiger partial charge >= 0.3 is 0 Å². The first kappa shape index (κ1) is 27.4. The molecule has 0 bridgehead atoms. The number of rotatable bonds is 9. The van der Waals surface area contributed by atoms with Crippen LogP contribution in [0.5, 0.6) is 0 Å². The smallest absolute Gasteiger partial charge is 0.217 e. The lowest BCUT2D eigenvalue weighted by Gasteiger charge is -2.39. The SMILES string of the molecule is CC(=O)N[C@@H](Cc1cc(F)cc(F)c1)[C@@H](O)CNC1(c2cc(CC(C)(C)C)cs2)CCc2n[nH]cc2C1. The Morgan fingerprint density at radius 2 is 1.95 bits per heavy atom. The maximum absolute atomic E-state index is 13.8. The first-order chi connectivity index (χ1) is 17.4. The van der Waals surface area contributed by atoms with Gasteiger partial charge in [0, 0.05) is 30.6 Å². The van der Waals surface area contributed by atoms with Gasteiger partial charge in [-0.05, 0) is 77.8 Å². The molecule has 1 aliphatic carbocycles. The average molecular weight is 531 g/mol. The number of amides is 1. The van der Waals surface area contributed by atoms with E-state index in [2.05, 4.69) is 53.0 Å². The molecule has 37 heavy (non-hydrogen) atoms. The molecule has 0 aliphatic heterocycles. The molecule has 1 unspecified atom stereocenters. The van der Waals surface area contributed by atoms with Crippen molar-refractivity contribution in [1.82, 2.24) is 20.8 Å². The zero-order chi connectivity index (χ0) is 26.8. The zero-order valence-electron chi connectivity index (χ0n) is 21.8. The maximum atomic E-state index is 13.8. The minimum Gasteiger partial charge on any atom is -0.390 e. The van der Waals surface area contributed by atoms with Gasteiger partial charge in [-0.1, -0.05) is 20.8 Å². The number of thiophene rings is 1. The number of nitrogens with one attached hydrogen (secondary N) is 3. The van der Waals surface area contributed by atoms with E-state index in [4.69, 9.17) is 0 Å². The molecule has 0 saturated heterocycles. The number of aliphatic hydroxyl groups excluding tert-OH is 1. The van der Waals surface area contributed by atoms with E-state index in [-0.39, 0.29) is 24.3 Å². The summed E-state index contributed by atoms with van der Waals surface area (Å²) < 4.78 is 27.5. The molecule has 1 amide bonds. The summed E-state index contributed by atoms with van der Waals surface area (Å²) >= 11 is 1.72. The third-order valence-corrected chi connectivity index (χ3v) is 8.01. The topological polar surface area (TPSA) is 90.0 Å². The minimum absolute atomic E-state index is 0.102. The summed E-state index contributed by atoms with van der Waals surface area (Å²) in [6, 6.07) is 4.81. The lowest BCUT2D eigenvalue weighted by molar-refractivity contribution is -0.120. The Kier molecular flexibility index (Phi) is 8.16. The largest absolute Gasteiger partial charge is 0.390 e. The molecule has 0 saturated carbocycles. The fourth-order valence-electron chi connectivity index (χ4n) is 5.21. The third-order valence-electron chi connectivity index (χ3n) is 6.83. The summed E-state index contributed by atoms with van der Waals surface area (Å²) in [5, 5.41) is 27.2. The summed E-state index contributed by atoms with van der Waals surface area (Å²) in [6.07, 6.45) is 4.36. The molecule has 4 N–H and O–H groups in total. The second-order valence-corrected chi connectivity index (χ2v) is 12.3. The number of aromatic nitrogens is 2. The van der Waals surface area contributed by atoms with Crippen molar-refractivity contribution >= 4 is 17.2 Å². The Morgan fingerprint density at radius 3 is 2.62 bits per heavy atom. The Balaban J connectivity index is 1.56. The van der Waals surface area contributed by atoms with Crippen LogP contribution in [0.25, 0.3) is 0 Å². The van der Waals surface area contributed by atoms with Crippen molar-refractivity contribution in [3.63, 3.8) is 0 Å². The monoisotopic (exact) mass is 530 g/mol. The van der Waals surface area contributed by atoms with E-state index in [1.165, 1.54) is 29.5 Å². The number of H-pyrrole nitrogens is 1. The van der Waals surface area contributed by atoms with Crippen molar-refractivity contribution in [2.24, 2.45) is 5.41 Å². The second-order valence-electron chi connectivity index (χ2n) is 11.4. The molecule has 0 fully saturated rings. The molecule has 0 spiro atoms. The number of nitrogens with zero attached hydrogens (tertiary/aromatic N) is 1. The van der Waals surface area contributed by atoms with Crippen LogP contribution in [0.1, 0.15) is 61.4 Å². The molecule has 2 heterocycles. The van der Waals surface area contributed by atoms with Gasteiger partial charge in [-0.15, -0.1) is 11.3 Å². The first-order valence-electron chi connectivity index (χ1n) is 12.7. The summed E-state index contributed by atoms with van der Waals surface area (Å²) in [4.78, 5) is 13.1. The van der Waals surface area contributed by atoms with E-state index in [1.54, 1.807) is 11.3 Å². The van der Waals surface area contributed by atoms with Crippen LogP contribution in [0.15, 0.2) is 35.8 Å². The van der Waals surface area contributed by atoms with Crippen LogP contribution in [0.2, 0.25) is 0 Å². The van der Waals surface area contributed by atoms with Gasteiger partial charge in [0.25, 0.3) is 0 Å². The molecule has 3 atom stereocenters. The van der Waals surface area contributed by atoms with E-state index in [9.17, 15) is 18.7 Å². The average Bonchev–Trinajstić information content (AvgIpc) is 3.44. The van der Waals surface area contributed by atoms with Gasteiger partial charge in [-0.2, -0.15) is 5.10 Å². The molecule has 3 aromatic rings. The Bertz CT molecular complexity index is 1210. The summed E-state index contributed by atoms with van der Waals surface area (Å²) in [6.45, 7) is 8.23. The Morgan fingerprint density at radius 1 is 1.22 bits per heavy atom. The van der Waals surface area contributed by atoms with E-state index < -0.39 is 29.3 Å². The predicted octanol–water partition coefficient (Wildman–Crippen LogP) is 4.42. The van der Waals surface area contributed by atoms with Gasteiger partial charge in [0.15, 0.2) is 0 Å². The van der Waals surface area contributed by atoms with Crippen LogP contribution in [0.3, 0.4) is 0 Å². The van der Waals surface area contributed by atoms with Crippen molar-refractivity contribution in [3.8, 4) is 0 Å². The Hall–Kier alpha value is -2.62. The molecule has 1 aliphatic rings. The lowest BCUT2D eigenvalue weighted by atomic mass is 9.78. The number of halogens is 2. The highest BCUT2D eigenvalue weighted by Crippen LogP contribution is 2.40. The molecule has 4 rings (SSSR count). The summed E-state index contributed by atoms with van der Waals surface area (Å²) in [5.41, 5.74) is 3.64. The standard InChI is InChI=1S/C28H36F2N4O2S/c1-17(35)33-24(9-18-7-21(29)11-22(30)8-18)25(36)15-31-28(6-5-23-20(13-28)14-32-34-23)26-10-19(16-37-26)12-27(2,3)4/h7-8,10-11,14,16,24-25,31,36H,5-6,9,12-13,15H2,1-4H3,(H,32,34)(H,33,35)/t24-,25-,28?/m0/s1. The van der Waals surface area contributed by atoms with Gasteiger partial charge in [-0.3, -0.25) is 9.89 Å². The van der Waals surface area contributed by atoms with Crippen LogP contribution in [-0.4, -0.2) is 39.9 Å². The third kappa shape index (κ3) is 7.03. The van der Waals surface area contributed by atoms with Crippen molar-refractivity contribution in [2.45, 2.75) is 77.5 Å². The number of carbonyl (C=O) groups is 1. The summed E-state index contributed by atoms with van der Waals surface area (Å²) in [5.74, 6) is -1.70.